The normalized spacial score (nSPS) is 20.9. The molecule has 2 saturated heterocycles. The first-order valence-corrected chi connectivity index (χ1v) is 10.0. The van der Waals surface area contributed by atoms with Crippen LogP contribution >= 0.6 is 0 Å². The highest BCUT2D eigenvalue weighted by Crippen LogP contribution is 2.28. The number of halogens is 1. The molecule has 1 aromatic carbocycles. The molecule has 0 aromatic heterocycles. The molecule has 0 bridgehead atoms. The van der Waals surface area contributed by atoms with Crippen molar-refractivity contribution < 1.29 is 31.9 Å². The third-order valence-electron chi connectivity index (χ3n) is 4.61. The first kappa shape index (κ1) is 19.4. The van der Waals surface area contributed by atoms with Crippen LogP contribution in [0.2, 0.25) is 0 Å². The minimum atomic E-state index is -4.22. The summed E-state index contributed by atoms with van der Waals surface area (Å²) in [7, 11) is -4.22. The fourth-order valence-electron chi connectivity index (χ4n) is 3.26. The van der Waals surface area contributed by atoms with E-state index in [0.717, 1.165) is 21.3 Å². The molecule has 10 heteroatoms. The molecule has 1 aromatic rings. The van der Waals surface area contributed by atoms with Crippen molar-refractivity contribution >= 4 is 27.8 Å². The third kappa shape index (κ3) is 3.86. The number of amides is 2. The van der Waals surface area contributed by atoms with Crippen LogP contribution in [0.15, 0.2) is 29.2 Å². The maximum absolute atomic E-state index is 13.9. The van der Waals surface area contributed by atoms with Crippen LogP contribution in [0.25, 0.3) is 0 Å². The number of benzene rings is 1. The molecule has 0 radical (unpaired) electrons. The van der Waals surface area contributed by atoms with E-state index in [1.807, 2.05) is 0 Å². The van der Waals surface area contributed by atoms with Crippen molar-refractivity contribution in [3.8, 4) is 0 Å². The zero-order chi connectivity index (χ0) is 19.6. The van der Waals surface area contributed by atoms with Gasteiger partial charge < -0.3 is 4.74 Å². The summed E-state index contributed by atoms with van der Waals surface area (Å²) in [5.41, 5.74) is 0. The van der Waals surface area contributed by atoms with Crippen LogP contribution in [0.1, 0.15) is 25.7 Å². The number of ether oxygens (including phenoxy) is 1. The molecule has 2 aliphatic heterocycles. The highest BCUT2D eigenvalue weighted by Gasteiger charge is 2.41. The van der Waals surface area contributed by atoms with Crippen LogP contribution in [0.5, 0.6) is 0 Å². The Morgan fingerprint density at radius 2 is 1.93 bits per heavy atom. The summed E-state index contributed by atoms with van der Waals surface area (Å²) >= 11 is 0. The van der Waals surface area contributed by atoms with Crippen molar-refractivity contribution in [2.75, 3.05) is 19.7 Å². The average molecular weight is 398 g/mol. The van der Waals surface area contributed by atoms with Crippen LogP contribution in [-0.4, -0.2) is 61.1 Å². The van der Waals surface area contributed by atoms with Gasteiger partial charge in [0.1, 0.15) is 16.8 Å². The largest absolute Gasteiger partial charge is 0.454 e. The van der Waals surface area contributed by atoms with Gasteiger partial charge in [-0.1, -0.05) is 12.1 Å². The van der Waals surface area contributed by atoms with E-state index in [9.17, 15) is 27.2 Å². The van der Waals surface area contributed by atoms with Gasteiger partial charge in [0.25, 0.3) is 5.91 Å². The Morgan fingerprint density at radius 1 is 1.19 bits per heavy atom. The van der Waals surface area contributed by atoms with Gasteiger partial charge in [-0.3, -0.25) is 19.3 Å². The summed E-state index contributed by atoms with van der Waals surface area (Å²) in [4.78, 5) is 36.4. The topological polar surface area (TPSA) is 101 Å². The second-order valence-corrected chi connectivity index (χ2v) is 8.21. The van der Waals surface area contributed by atoms with Crippen LogP contribution in [0.3, 0.4) is 0 Å². The Hall–Kier alpha value is -2.33. The molecule has 27 heavy (non-hydrogen) atoms. The monoisotopic (exact) mass is 398 g/mol. The predicted molar refractivity (Wildman–Crippen MR) is 90.2 cm³/mol. The summed E-state index contributed by atoms with van der Waals surface area (Å²) in [5, 5.41) is 0. The highest BCUT2D eigenvalue weighted by atomic mass is 32.2. The van der Waals surface area contributed by atoms with Gasteiger partial charge in [-0.2, -0.15) is 4.31 Å². The number of carbonyl (C=O) groups is 3. The standard InChI is InChI=1S/C17H19FN2O6S/c18-12-5-1-2-7-14(12)27(24,25)20-10-3-6-13(20)17(23)26-11-16(22)19-9-4-8-15(19)21/h1-2,5,7,13H,3-4,6,8-11H2/t13-/m0/s1. The van der Waals surface area contributed by atoms with Crippen molar-refractivity contribution in [1.29, 1.82) is 0 Å². The second kappa shape index (κ2) is 7.73. The molecule has 0 unspecified atom stereocenters. The Morgan fingerprint density at radius 3 is 2.59 bits per heavy atom. The molecular formula is C17H19FN2O6S. The van der Waals surface area contributed by atoms with E-state index in [4.69, 9.17) is 4.74 Å². The number of carbonyl (C=O) groups excluding carboxylic acids is 3. The number of sulfonamides is 1. The number of nitrogens with zero attached hydrogens (tertiary/aromatic N) is 2. The van der Waals surface area contributed by atoms with Gasteiger partial charge in [-0.25, -0.2) is 12.8 Å². The number of rotatable bonds is 5. The van der Waals surface area contributed by atoms with E-state index in [1.54, 1.807) is 0 Å². The minimum Gasteiger partial charge on any atom is -0.454 e. The van der Waals surface area contributed by atoms with Gasteiger partial charge in [0, 0.05) is 19.5 Å². The molecular weight excluding hydrogens is 379 g/mol. The number of hydrogen-bond donors (Lipinski definition) is 0. The van der Waals surface area contributed by atoms with Gasteiger partial charge in [0.15, 0.2) is 6.61 Å². The molecule has 3 rings (SSSR count). The fourth-order valence-corrected chi connectivity index (χ4v) is 4.98. The first-order chi connectivity index (χ1) is 12.8. The van der Waals surface area contributed by atoms with Gasteiger partial charge in [-0.15, -0.1) is 0 Å². The zero-order valence-electron chi connectivity index (χ0n) is 14.5. The Balaban J connectivity index is 1.68. The van der Waals surface area contributed by atoms with Crippen LogP contribution in [0, 0.1) is 5.82 Å². The lowest BCUT2D eigenvalue weighted by atomic mass is 10.2. The van der Waals surface area contributed by atoms with Gasteiger partial charge >= 0.3 is 5.97 Å². The quantitative estimate of drug-likeness (QED) is 0.676. The van der Waals surface area contributed by atoms with E-state index in [-0.39, 0.29) is 31.8 Å². The Labute approximate surface area is 155 Å². The lowest BCUT2D eigenvalue weighted by molar-refractivity contribution is -0.156. The van der Waals surface area contributed by atoms with E-state index < -0.39 is 45.3 Å². The maximum Gasteiger partial charge on any atom is 0.324 e. The van der Waals surface area contributed by atoms with Gasteiger partial charge in [0.2, 0.25) is 15.9 Å². The lowest BCUT2D eigenvalue weighted by Crippen LogP contribution is -2.43. The molecule has 2 heterocycles. The maximum atomic E-state index is 13.9. The Bertz CT molecular complexity index is 872. The van der Waals surface area contributed by atoms with E-state index in [1.165, 1.54) is 12.1 Å². The van der Waals surface area contributed by atoms with Crippen molar-refractivity contribution in [2.24, 2.45) is 0 Å². The number of hydrogen-bond acceptors (Lipinski definition) is 6. The molecule has 8 nitrogen and oxygen atoms in total. The number of imide groups is 1. The minimum absolute atomic E-state index is 0.0506. The average Bonchev–Trinajstić information content (AvgIpc) is 3.29. The molecule has 1 atom stereocenters. The van der Waals surface area contributed by atoms with Crippen molar-refractivity contribution in [2.45, 2.75) is 36.6 Å². The second-order valence-electron chi connectivity index (χ2n) is 6.35. The molecule has 0 saturated carbocycles. The lowest BCUT2D eigenvalue weighted by Gasteiger charge is -2.23. The summed E-state index contributed by atoms with van der Waals surface area (Å²) in [6, 6.07) is 3.80. The smallest absolute Gasteiger partial charge is 0.324 e. The molecule has 2 amide bonds. The first-order valence-electron chi connectivity index (χ1n) is 8.58. The van der Waals surface area contributed by atoms with Crippen LogP contribution < -0.4 is 0 Å². The van der Waals surface area contributed by atoms with E-state index >= 15 is 0 Å². The molecule has 0 spiro atoms. The van der Waals surface area contributed by atoms with Crippen LogP contribution in [0.4, 0.5) is 4.39 Å². The van der Waals surface area contributed by atoms with Crippen molar-refractivity contribution in [3.05, 3.63) is 30.1 Å². The summed E-state index contributed by atoms with van der Waals surface area (Å²) in [6.45, 7) is -0.296. The van der Waals surface area contributed by atoms with Crippen LogP contribution in [-0.2, 0) is 29.1 Å². The molecule has 0 N–H and O–H groups in total. The van der Waals surface area contributed by atoms with Gasteiger partial charge in [-0.05, 0) is 31.4 Å². The third-order valence-corrected chi connectivity index (χ3v) is 6.55. The number of likely N-dealkylation sites (tertiary alicyclic amines) is 1. The van der Waals surface area contributed by atoms with Gasteiger partial charge in [0.05, 0.1) is 0 Å². The number of esters is 1. The summed E-state index contributed by atoms with van der Waals surface area (Å²) < 4.78 is 45.2. The van der Waals surface area contributed by atoms with Crippen molar-refractivity contribution in [3.63, 3.8) is 0 Å². The summed E-state index contributed by atoms with van der Waals surface area (Å²) in [5.74, 6) is -2.74. The fraction of sp³-hybridized carbons (Fsp3) is 0.471. The predicted octanol–water partition coefficient (Wildman–Crippen LogP) is 0.671. The highest BCUT2D eigenvalue weighted by molar-refractivity contribution is 7.89. The van der Waals surface area contributed by atoms with E-state index in [0.29, 0.717) is 12.8 Å². The summed E-state index contributed by atoms with van der Waals surface area (Å²) in [6.07, 6.45) is 1.46. The van der Waals surface area contributed by atoms with E-state index in [2.05, 4.69) is 0 Å². The SMILES string of the molecule is O=C(OCC(=O)N1CCCC1=O)[C@@H]1CCCN1S(=O)(=O)c1ccccc1F. The molecule has 0 aliphatic carbocycles. The Kier molecular flexibility index (Phi) is 5.56. The molecule has 2 fully saturated rings. The molecule has 2 aliphatic rings. The zero-order valence-corrected chi connectivity index (χ0v) is 15.3. The van der Waals surface area contributed by atoms with Crippen molar-refractivity contribution in [1.82, 2.24) is 9.21 Å². The molecule has 146 valence electrons.